The molecule has 0 saturated heterocycles. The average Bonchev–Trinajstić information content (AvgIpc) is 3.32. The van der Waals surface area contributed by atoms with Gasteiger partial charge in [0.2, 0.25) is 0 Å². The van der Waals surface area contributed by atoms with Crippen LogP contribution in [-0.2, 0) is 17.5 Å². The number of nitrogens with one attached hydrogen (secondary N) is 1. The van der Waals surface area contributed by atoms with Crippen LogP contribution in [0.15, 0.2) is 59.4 Å². The molecule has 2 aromatic carbocycles. The van der Waals surface area contributed by atoms with E-state index in [1.54, 1.807) is 30.5 Å². The highest BCUT2D eigenvalue weighted by atomic mass is 31.2. The van der Waals surface area contributed by atoms with Gasteiger partial charge < -0.3 is 24.3 Å². The molecule has 0 aliphatic heterocycles. The fourth-order valence-corrected chi connectivity index (χ4v) is 4.14. The van der Waals surface area contributed by atoms with E-state index in [9.17, 15) is 13.3 Å². The molecule has 1 aromatic heterocycles. The minimum atomic E-state index is -4.03. The number of furan rings is 1. The molecule has 184 valence electrons. The third-order valence-corrected chi connectivity index (χ3v) is 6.28. The Morgan fingerprint density at radius 1 is 1.00 bits per heavy atom. The van der Waals surface area contributed by atoms with Crippen molar-refractivity contribution in [3.05, 3.63) is 77.8 Å². The largest absolute Gasteiger partial charge is 0.493 e. The molecular formula is C25H30F2NO5P. The van der Waals surface area contributed by atoms with Crippen LogP contribution in [-0.4, -0.2) is 29.1 Å². The summed E-state index contributed by atoms with van der Waals surface area (Å²) in [6, 6.07) is 11.4. The molecule has 6 nitrogen and oxygen atoms in total. The molecule has 0 saturated carbocycles. The second kappa shape index (κ2) is 12.8. The first kappa shape index (κ1) is 26.1. The quantitative estimate of drug-likeness (QED) is 0.198. The Bertz CT molecular complexity index is 1070. The monoisotopic (exact) mass is 493 g/mol. The summed E-state index contributed by atoms with van der Waals surface area (Å²) in [5.41, 5.74) is 3.01. The molecule has 0 aliphatic carbocycles. The van der Waals surface area contributed by atoms with Gasteiger partial charge in [-0.1, -0.05) is 12.1 Å². The van der Waals surface area contributed by atoms with Gasteiger partial charge in [0.05, 0.1) is 25.3 Å². The van der Waals surface area contributed by atoms with Gasteiger partial charge in [-0.05, 0) is 68.5 Å². The molecule has 0 unspecified atom stereocenters. The molecule has 3 N–H and O–H groups in total. The van der Waals surface area contributed by atoms with Crippen LogP contribution in [0.4, 0.5) is 8.78 Å². The lowest BCUT2D eigenvalue weighted by Gasteiger charge is -2.14. The van der Waals surface area contributed by atoms with Gasteiger partial charge >= 0.3 is 7.60 Å². The van der Waals surface area contributed by atoms with E-state index in [0.717, 1.165) is 36.8 Å². The normalized spacial score (nSPS) is 11.6. The first-order valence-electron chi connectivity index (χ1n) is 11.3. The Kier molecular flexibility index (Phi) is 9.84. The fraction of sp³-hybridized carbons (Fsp3) is 0.360. The van der Waals surface area contributed by atoms with Gasteiger partial charge in [-0.25, -0.2) is 8.78 Å². The summed E-state index contributed by atoms with van der Waals surface area (Å²) in [7, 11) is -4.03. The van der Waals surface area contributed by atoms with Crippen LogP contribution < -0.4 is 10.1 Å². The Morgan fingerprint density at radius 2 is 1.79 bits per heavy atom. The summed E-state index contributed by atoms with van der Waals surface area (Å²) in [6.45, 7) is 1.02. The van der Waals surface area contributed by atoms with Gasteiger partial charge in [-0.3, -0.25) is 4.57 Å². The van der Waals surface area contributed by atoms with E-state index in [-0.39, 0.29) is 18.5 Å². The summed E-state index contributed by atoms with van der Waals surface area (Å²) in [5.74, 6) is -0.219. The number of aryl methyl sites for hydroxylation is 1. The standard InChI is InChI=1S/C25H30F2NO5P/c26-22-8-6-19(7-9-22)5-2-1-3-12-33-25-16-24(27)21(15-23(25)20-10-13-32-18-20)17-28-11-4-14-34(29,30)31/h6-10,13,15-16,18,28H,1-5,11-12,14,17H2,(H2,29,30,31). The SMILES string of the molecule is O=P(O)(O)CCCNCc1cc(-c2ccoc2)c(OCCCCCc2ccc(F)cc2)cc1F. The number of rotatable bonds is 14. The van der Waals surface area contributed by atoms with Crippen molar-refractivity contribution < 1.29 is 32.3 Å². The first-order chi connectivity index (χ1) is 16.3. The van der Waals surface area contributed by atoms with Gasteiger partial charge in [0.15, 0.2) is 0 Å². The third-order valence-electron chi connectivity index (χ3n) is 5.38. The first-order valence-corrected chi connectivity index (χ1v) is 13.1. The molecule has 3 rings (SSSR count). The van der Waals surface area contributed by atoms with E-state index in [0.29, 0.717) is 36.4 Å². The highest BCUT2D eigenvalue weighted by Gasteiger charge is 2.15. The zero-order valence-corrected chi connectivity index (χ0v) is 19.8. The van der Waals surface area contributed by atoms with E-state index in [1.165, 1.54) is 24.5 Å². The summed E-state index contributed by atoms with van der Waals surface area (Å²) in [5, 5.41) is 3.02. The van der Waals surface area contributed by atoms with E-state index in [4.69, 9.17) is 18.9 Å². The van der Waals surface area contributed by atoms with E-state index in [2.05, 4.69) is 5.32 Å². The number of unbranched alkanes of at least 4 members (excludes halogenated alkanes) is 2. The van der Waals surface area contributed by atoms with Crippen molar-refractivity contribution in [2.24, 2.45) is 0 Å². The molecule has 34 heavy (non-hydrogen) atoms. The molecule has 1 heterocycles. The van der Waals surface area contributed by atoms with Crippen molar-refractivity contribution in [3.8, 4) is 16.9 Å². The van der Waals surface area contributed by atoms with Gasteiger partial charge in [-0.15, -0.1) is 0 Å². The minimum absolute atomic E-state index is 0.209. The van der Waals surface area contributed by atoms with Crippen molar-refractivity contribution in [1.82, 2.24) is 5.32 Å². The maximum absolute atomic E-state index is 14.7. The van der Waals surface area contributed by atoms with Crippen LogP contribution in [0.2, 0.25) is 0 Å². The van der Waals surface area contributed by atoms with Crippen molar-refractivity contribution in [2.45, 2.75) is 38.6 Å². The lowest BCUT2D eigenvalue weighted by molar-refractivity contribution is 0.305. The average molecular weight is 493 g/mol. The highest BCUT2D eigenvalue weighted by molar-refractivity contribution is 7.51. The Balaban J connectivity index is 1.52. The van der Waals surface area contributed by atoms with Crippen LogP contribution >= 0.6 is 7.60 Å². The maximum atomic E-state index is 14.7. The number of ether oxygens (including phenoxy) is 1. The van der Waals surface area contributed by atoms with Gasteiger partial charge in [-0.2, -0.15) is 0 Å². The molecule has 0 amide bonds. The summed E-state index contributed by atoms with van der Waals surface area (Å²) >= 11 is 0. The topological polar surface area (TPSA) is 91.9 Å². The molecule has 0 fully saturated rings. The van der Waals surface area contributed by atoms with E-state index < -0.39 is 13.4 Å². The van der Waals surface area contributed by atoms with Crippen LogP contribution in [0.5, 0.6) is 5.75 Å². The van der Waals surface area contributed by atoms with Crippen LogP contribution in [0.3, 0.4) is 0 Å². The Morgan fingerprint density at radius 3 is 2.50 bits per heavy atom. The number of hydrogen-bond donors (Lipinski definition) is 3. The predicted molar refractivity (Wildman–Crippen MR) is 127 cm³/mol. The molecule has 3 aromatic rings. The van der Waals surface area contributed by atoms with E-state index in [1.807, 2.05) is 0 Å². The summed E-state index contributed by atoms with van der Waals surface area (Å²) < 4.78 is 49.7. The Hall–Kier alpha value is -2.51. The maximum Gasteiger partial charge on any atom is 0.325 e. The fourth-order valence-electron chi connectivity index (χ4n) is 3.57. The molecular weight excluding hydrogens is 463 g/mol. The molecule has 0 bridgehead atoms. The minimum Gasteiger partial charge on any atom is -0.493 e. The van der Waals surface area contributed by atoms with Crippen molar-refractivity contribution in [1.29, 1.82) is 0 Å². The second-order valence-corrected chi connectivity index (χ2v) is 9.93. The zero-order valence-electron chi connectivity index (χ0n) is 18.9. The van der Waals surface area contributed by atoms with Gasteiger partial charge in [0.1, 0.15) is 17.4 Å². The predicted octanol–water partition coefficient (Wildman–Crippen LogP) is 5.67. The van der Waals surface area contributed by atoms with Crippen molar-refractivity contribution >= 4 is 7.60 Å². The number of benzene rings is 2. The van der Waals surface area contributed by atoms with Crippen LogP contribution in [0.1, 0.15) is 36.8 Å². The molecule has 0 aliphatic rings. The summed E-state index contributed by atoms with van der Waals surface area (Å²) in [4.78, 5) is 17.8. The van der Waals surface area contributed by atoms with Crippen molar-refractivity contribution in [3.63, 3.8) is 0 Å². The molecule has 0 radical (unpaired) electrons. The van der Waals surface area contributed by atoms with Gasteiger partial charge in [0, 0.05) is 29.3 Å². The van der Waals surface area contributed by atoms with Gasteiger partial charge in [0.25, 0.3) is 0 Å². The van der Waals surface area contributed by atoms with Crippen molar-refractivity contribution in [2.75, 3.05) is 19.3 Å². The second-order valence-electron chi connectivity index (χ2n) is 8.16. The Labute approximate surface area is 198 Å². The summed E-state index contributed by atoms with van der Waals surface area (Å²) in [6.07, 6.45) is 6.74. The highest BCUT2D eigenvalue weighted by Crippen LogP contribution is 2.35. The van der Waals surface area contributed by atoms with E-state index >= 15 is 0 Å². The number of halogens is 2. The molecule has 0 atom stereocenters. The lowest BCUT2D eigenvalue weighted by Crippen LogP contribution is -2.17. The molecule has 0 spiro atoms. The number of hydrogen-bond acceptors (Lipinski definition) is 4. The van der Waals surface area contributed by atoms with Crippen LogP contribution in [0, 0.1) is 11.6 Å². The lowest BCUT2D eigenvalue weighted by atomic mass is 10.0. The van der Waals surface area contributed by atoms with Crippen LogP contribution in [0.25, 0.3) is 11.1 Å². The molecule has 9 heteroatoms. The third kappa shape index (κ3) is 8.69. The smallest absolute Gasteiger partial charge is 0.325 e. The zero-order chi connectivity index (χ0) is 24.4.